The number of nitrogens with one attached hydrogen (secondary N) is 1. The number of rotatable bonds is 3. The minimum absolute atomic E-state index is 0.116. The van der Waals surface area contributed by atoms with Crippen LogP contribution in [0.1, 0.15) is 13.8 Å². The number of carbonyl (C=O) groups excluding carboxylic acids is 1. The number of amides is 1. The van der Waals surface area contributed by atoms with Crippen molar-refractivity contribution in [2.24, 2.45) is 0 Å². The summed E-state index contributed by atoms with van der Waals surface area (Å²) in [6.45, 7) is 3.92. The topological polar surface area (TPSA) is 51.2 Å². The highest BCUT2D eigenvalue weighted by Gasteiger charge is 2.07. The van der Waals surface area contributed by atoms with Crippen molar-refractivity contribution in [3.63, 3.8) is 0 Å². The molecule has 1 N–H and O–H groups in total. The van der Waals surface area contributed by atoms with Gasteiger partial charge in [-0.25, -0.2) is 0 Å². The Kier molecular flexibility index (Phi) is 3.23. The number of pyridine rings is 1. The highest BCUT2D eigenvalue weighted by atomic mass is 16.5. The van der Waals surface area contributed by atoms with Crippen LogP contribution in [0.5, 0.6) is 5.75 Å². The molecule has 0 aliphatic carbocycles. The standard InChI is InChI=1S/C13H14N2O2/c1-3-17-13-8-11-10(5-4-6-14-11)7-12(13)15-9(2)16/h4-8H,3H2,1-2H3,(H,15,16). The van der Waals surface area contributed by atoms with E-state index in [1.807, 2.05) is 31.2 Å². The molecule has 1 aromatic carbocycles. The van der Waals surface area contributed by atoms with Gasteiger partial charge in [0.15, 0.2) is 0 Å². The number of hydrogen-bond donors (Lipinski definition) is 1. The summed E-state index contributed by atoms with van der Waals surface area (Å²) in [6.07, 6.45) is 1.73. The lowest BCUT2D eigenvalue weighted by atomic mass is 10.2. The largest absolute Gasteiger partial charge is 0.492 e. The number of aromatic nitrogens is 1. The maximum absolute atomic E-state index is 11.1. The quantitative estimate of drug-likeness (QED) is 0.881. The van der Waals surface area contributed by atoms with E-state index >= 15 is 0 Å². The lowest BCUT2D eigenvalue weighted by Crippen LogP contribution is -2.08. The molecule has 0 atom stereocenters. The fourth-order valence-electron chi connectivity index (χ4n) is 1.66. The predicted molar refractivity (Wildman–Crippen MR) is 67.2 cm³/mol. The molecule has 1 amide bonds. The second-order valence-corrected chi connectivity index (χ2v) is 3.66. The maximum Gasteiger partial charge on any atom is 0.221 e. The third-order valence-electron chi connectivity index (χ3n) is 2.31. The zero-order valence-electron chi connectivity index (χ0n) is 9.86. The Morgan fingerprint density at radius 2 is 2.29 bits per heavy atom. The monoisotopic (exact) mass is 230 g/mol. The summed E-state index contributed by atoms with van der Waals surface area (Å²) in [5.41, 5.74) is 1.53. The van der Waals surface area contributed by atoms with E-state index in [1.54, 1.807) is 6.20 Å². The van der Waals surface area contributed by atoms with Gasteiger partial charge in [0.2, 0.25) is 5.91 Å². The highest BCUT2D eigenvalue weighted by molar-refractivity contribution is 5.94. The van der Waals surface area contributed by atoms with Crippen LogP contribution in [-0.4, -0.2) is 17.5 Å². The van der Waals surface area contributed by atoms with Gasteiger partial charge in [-0.3, -0.25) is 9.78 Å². The molecule has 0 saturated heterocycles. The molecular weight excluding hydrogens is 216 g/mol. The number of ether oxygens (including phenoxy) is 1. The van der Waals surface area contributed by atoms with Crippen LogP contribution in [0.3, 0.4) is 0 Å². The average molecular weight is 230 g/mol. The van der Waals surface area contributed by atoms with Gasteiger partial charge in [-0.2, -0.15) is 0 Å². The molecule has 0 bridgehead atoms. The normalized spacial score (nSPS) is 10.2. The van der Waals surface area contributed by atoms with E-state index in [0.29, 0.717) is 18.0 Å². The van der Waals surface area contributed by atoms with Crippen LogP contribution in [0.2, 0.25) is 0 Å². The molecule has 0 fully saturated rings. The summed E-state index contributed by atoms with van der Waals surface area (Å²) >= 11 is 0. The van der Waals surface area contributed by atoms with Crippen LogP contribution in [0.15, 0.2) is 30.5 Å². The van der Waals surface area contributed by atoms with Crippen LogP contribution in [0, 0.1) is 0 Å². The van der Waals surface area contributed by atoms with E-state index < -0.39 is 0 Å². The number of anilines is 1. The van der Waals surface area contributed by atoms with Gasteiger partial charge in [0.1, 0.15) is 5.75 Å². The summed E-state index contributed by atoms with van der Waals surface area (Å²) in [6, 6.07) is 7.52. The predicted octanol–water partition coefficient (Wildman–Crippen LogP) is 2.59. The van der Waals surface area contributed by atoms with Crippen LogP contribution in [0.25, 0.3) is 10.9 Å². The van der Waals surface area contributed by atoms with Gasteiger partial charge in [-0.05, 0) is 19.1 Å². The second-order valence-electron chi connectivity index (χ2n) is 3.66. The zero-order valence-corrected chi connectivity index (χ0v) is 9.86. The van der Waals surface area contributed by atoms with Gasteiger partial charge >= 0.3 is 0 Å². The molecule has 2 aromatic rings. The van der Waals surface area contributed by atoms with Crippen LogP contribution >= 0.6 is 0 Å². The zero-order chi connectivity index (χ0) is 12.3. The van der Waals surface area contributed by atoms with Gasteiger partial charge in [0, 0.05) is 24.6 Å². The third-order valence-corrected chi connectivity index (χ3v) is 2.31. The fraction of sp³-hybridized carbons (Fsp3) is 0.231. The van der Waals surface area contributed by atoms with E-state index in [0.717, 1.165) is 10.9 Å². The molecule has 1 aromatic heterocycles. The molecule has 0 aliphatic heterocycles. The Morgan fingerprint density at radius 3 is 3.00 bits per heavy atom. The Hall–Kier alpha value is -2.10. The number of hydrogen-bond acceptors (Lipinski definition) is 3. The van der Waals surface area contributed by atoms with E-state index in [2.05, 4.69) is 10.3 Å². The summed E-state index contributed by atoms with van der Waals surface area (Å²) in [7, 11) is 0. The number of nitrogens with zero attached hydrogens (tertiary/aromatic N) is 1. The number of benzene rings is 1. The van der Waals surface area contributed by atoms with Crippen molar-refractivity contribution in [1.29, 1.82) is 0 Å². The Bertz CT molecular complexity index is 552. The van der Waals surface area contributed by atoms with Crippen LogP contribution < -0.4 is 10.1 Å². The average Bonchev–Trinajstić information content (AvgIpc) is 2.29. The minimum atomic E-state index is -0.116. The van der Waals surface area contributed by atoms with Crippen molar-refractivity contribution in [2.75, 3.05) is 11.9 Å². The first-order valence-corrected chi connectivity index (χ1v) is 5.50. The SMILES string of the molecule is CCOc1cc2ncccc2cc1NC(C)=O. The van der Waals surface area contributed by atoms with Gasteiger partial charge < -0.3 is 10.1 Å². The molecule has 4 heteroatoms. The number of fused-ring (bicyclic) bond motifs is 1. The highest BCUT2D eigenvalue weighted by Crippen LogP contribution is 2.29. The molecule has 0 spiro atoms. The van der Waals surface area contributed by atoms with Crippen molar-refractivity contribution in [1.82, 2.24) is 4.98 Å². The van der Waals surface area contributed by atoms with Crippen molar-refractivity contribution in [3.05, 3.63) is 30.5 Å². The molecule has 17 heavy (non-hydrogen) atoms. The van der Waals surface area contributed by atoms with Crippen molar-refractivity contribution >= 4 is 22.5 Å². The Morgan fingerprint density at radius 1 is 1.47 bits per heavy atom. The molecule has 0 saturated carbocycles. The summed E-state index contributed by atoms with van der Waals surface area (Å²) < 4.78 is 5.49. The van der Waals surface area contributed by atoms with Crippen molar-refractivity contribution < 1.29 is 9.53 Å². The molecule has 0 aliphatic rings. The van der Waals surface area contributed by atoms with Gasteiger partial charge in [0.25, 0.3) is 0 Å². The third kappa shape index (κ3) is 2.53. The van der Waals surface area contributed by atoms with E-state index in [-0.39, 0.29) is 5.91 Å². The molecule has 4 nitrogen and oxygen atoms in total. The van der Waals surface area contributed by atoms with E-state index in [1.165, 1.54) is 6.92 Å². The molecule has 2 rings (SSSR count). The van der Waals surface area contributed by atoms with Crippen LogP contribution in [-0.2, 0) is 4.79 Å². The first kappa shape index (κ1) is 11.4. The molecular formula is C13H14N2O2. The first-order valence-electron chi connectivity index (χ1n) is 5.50. The first-order chi connectivity index (χ1) is 8.20. The smallest absolute Gasteiger partial charge is 0.221 e. The molecule has 88 valence electrons. The molecule has 0 unspecified atom stereocenters. The van der Waals surface area contributed by atoms with Gasteiger partial charge in [0.05, 0.1) is 17.8 Å². The minimum Gasteiger partial charge on any atom is -0.492 e. The molecule has 1 heterocycles. The van der Waals surface area contributed by atoms with E-state index in [9.17, 15) is 4.79 Å². The van der Waals surface area contributed by atoms with E-state index in [4.69, 9.17) is 4.74 Å². The number of carbonyl (C=O) groups is 1. The van der Waals surface area contributed by atoms with Crippen molar-refractivity contribution in [2.45, 2.75) is 13.8 Å². The lowest BCUT2D eigenvalue weighted by molar-refractivity contribution is -0.114. The Balaban J connectivity index is 2.53. The second kappa shape index (κ2) is 4.82. The summed E-state index contributed by atoms with van der Waals surface area (Å²) in [5, 5.41) is 3.73. The maximum atomic E-state index is 11.1. The van der Waals surface area contributed by atoms with Gasteiger partial charge in [-0.15, -0.1) is 0 Å². The fourth-order valence-corrected chi connectivity index (χ4v) is 1.66. The Labute approximate surface area is 99.6 Å². The summed E-state index contributed by atoms with van der Waals surface area (Å²) in [5.74, 6) is 0.531. The van der Waals surface area contributed by atoms with Crippen molar-refractivity contribution in [3.8, 4) is 5.75 Å². The molecule has 0 radical (unpaired) electrons. The van der Waals surface area contributed by atoms with Gasteiger partial charge in [-0.1, -0.05) is 6.07 Å². The summed E-state index contributed by atoms with van der Waals surface area (Å²) in [4.78, 5) is 15.4. The van der Waals surface area contributed by atoms with Crippen LogP contribution in [0.4, 0.5) is 5.69 Å². The lowest BCUT2D eigenvalue weighted by Gasteiger charge is -2.11.